The van der Waals surface area contributed by atoms with E-state index >= 15 is 0 Å². The summed E-state index contributed by atoms with van der Waals surface area (Å²) < 4.78 is 5.27. The van der Waals surface area contributed by atoms with Crippen LogP contribution in [-0.4, -0.2) is 54.0 Å². The van der Waals surface area contributed by atoms with Crippen LogP contribution in [0.5, 0.6) is 0 Å². The van der Waals surface area contributed by atoms with Gasteiger partial charge in [0.1, 0.15) is 6.04 Å². The number of carbonyl (C=O) groups is 2. The molecule has 0 spiro atoms. The van der Waals surface area contributed by atoms with E-state index in [0.717, 1.165) is 12.1 Å². The van der Waals surface area contributed by atoms with Gasteiger partial charge in [0.25, 0.3) is 0 Å². The Morgan fingerprint density at radius 1 is 1.58 bits per heavy atom. The summed E-state index contributed by atoms with van der Waals surface area (Å²) in [5.74, 6) is -0.241. The minimum atomic E-state index is -0.505. The first-order chi connectivity index (χ1) is 9.18. The van der Waals surface area contributed by atoms with Crippen molar-refractivity contribution < 1.29 is 14.3 Å². The van der Waals surface area contributed by atoms with Crippen molar-refractivity contribution in [2.45, 2.75) is 19.4 Å². The first-order valence-electron chi connectivity index (χ1n) is 6.43. The number of ether oxygens (including phenoxy) is 1. The minimum Gasteiger partial charge on any atom is -0.377 e. The molecule has 1 aliphatic rings. The molecular weight excluding hydrogens is 246 g/mol. The predicted molar refractivity (Wildman–Crippen MR) is 69.5 cm³/mol. The van der Waals surface area contributed by atoms with Crippen molar-refractivity contribution >= 4 is 11.8 Å². The maximum Gasteiger partial charge on any atom is 0.245 e. The monoisotopic (exact) mass is 265 g/mol. The third-order valence-corrected chi connectivity index (χ3v) is 3.19. The number of H-pyrrole nitrogens is 1. The van der Waals surface area contributed by atoms with Crippen molar-refractivity contribution in [2.75, 3.05) is 26.3 Å². The Hall–Kier alpha value is -1.82. The molecule has 1 unspecified atom stereocenters. The summed E-state index contributed by atoms with van der Waals surface area (Å²) in [6.07, 6.45) is 2.59. The van der Waals surface area contributed by atoms with E-state index < -0.39 is 6.04 Å². The quantitative estimate of drug-likeness (QED) is 0.799. The summed E-state index contributed by atoms with van der Waals surface area (Å²) >= 11 is 0. The molecule has 2 amide bonds. The van der Waals surface area contributed by atoms with Gasteiger partial charge in [0.05, 0.1) is 13.2 Å². The average Bonchev–Trinajstić information content (AvgIpc) is 2.91. The number of carbonyl (C=O) groups excluding carboxylic acids is 2. The number of nitrogens with zero attached hydrogens (tertiary/aromatic N) is 1. The van der Waals surface area contributed by atoms with Crippen molar-refractivity contribution in [1.29, 1.82) is 0 Å². The third kappa shape index (κ3) is 3.57. The molecule has 2 rings (SSSR count). The predicted octanol–water partition coefficient (Wildman–Crippen LogP) is -0.0793. The molecule has 0 radical (unpaired) electrons. The molecule has 0 saturated carbocycles. The number of amides is 2. The van der Waals surface area contributed by atoms with Crippen molar-refractivity contribution in [3.63, 3.8) is 0 Å². The lowest BCUT2D eigenvalue weighted by molar-refractivity contribution is -0.146. The van der Waals surface area contributed by atoms with Gasteiger partial charge in [-0.05, 0) is 12.1 Å². The number of hydrogen-bond donors (Lipinski definition) is 2. The normalized spacial score (nSPS) is 19.2. The fourth-order valence-electron chi connectivity index (χ4n) is 2.16. The summed E-state index contributed by atoms with van der Waals surface area (Å²) in [5.41, 5.74) is 1.07. The Morgan fingerprint density at radius 2 is 2.42 bits per heavy atom. The molecule has 0 bridgehead atoms. The standard InChI is InChI=1S/C13H19N3O3/c1-10(17)16-7-8-19-9-12(16)13(18)15-6-4-11-3-2-5-14-11/h2-3,5,12,14H,4,6-9H2,1H3,(H,15,18). The van der Waals surface area contributed by atoms with E-state index in [9.17, 15) is 9.59 Å². The zero-order valence-electron chi connectivity index (χ0n) is 11.0. The number of morpholine rings is 1. The molecule has 1 aromatic heterocycles. The van der Waals surface area contributed by atoms with Crippen LogP contribution < -0.4 is 5.32 Å². The zero-order valence-corrected chi connectivity index (χ0v) is 11.0. The number of rotatable bonds is 4. The van der Waals surface area contributed by atoms with Gasteiger partial charge in [-0.1, -0.05) is 0 Å². The van der Waals surface area contributed by atoms with Crippen molar-refractivity contribution in [3.05, 3.63) is 24.0 Å². The molecule has 2 heterocycles. The maximum atomic E-state index is 12.0. The number of nitrogens with one attached hydrogen (secondary N) is 2. The zero-order chi connectivity index (χ0) is 13.7. The van der Waals surface area contributed by atoms with Crippen LogP contribution in [0.1, 0.15) is 12.6 Å². The summed E-state index contributed by atoms with van der Waals surface area (Å²) in [6.45, 7) is 3.26. The molecule has 0 aromatic carbocycles. The molecule has 6 heteroatoms. The molecule has 19 heavy (non-hydrogen) atoms. The highest BCUT2D eigenvalue weighted by atomic mass is 16.5. The molecule has 1 saturated heterocycles. The van der Waals surface area contributed by atoms with Crippen LogP contribution >= 0.6 is 0 Å². The average molecular weight is 265 g/mol. The maximum absolute atomic E-state index is 12.0. The van der Waals surface area contributed by atoms with Crippen LogP contribution in [0.4, 0.5) is 0 Å². The summed E-state index contributed by atoms with van der Waals surface area (Å²) in [4.78, 5) is 28.1. The molecule has 1 atom stereocenters. The highest BCUT2D eigenvalue weighted by Gasteiger charge is 2.30. The van der Waals surface area contributed by atoms with Crippen LogP contribution in [0.2, 0.25) is 0 Å². The molecule has 6 nitrogen and oxygen atoms in total. The SMILES string of the molecule is CC(=O)N1CCOCC1C(=O)NCCc1ccc[nH]1. The summed E-state index contributed by atoms with van der Waals surface area (Å²) in [5, 5.41) is 2.84. The number of aromatic amines is 1. The highest BCUT2D eigenvalue weighted by Crippen LogP contribution is 2.07. The number of aromatic nitrogens is 1. The van der Waals surface area contributed by atoms with E-state index in [4.69, 9.17) is 4.74 Å². The summed E-state index contributed by atoms with van der Waals surface area (Å²) in [6, 6.07) is 3.39. The van der Waals surface area contributed by atoms with Gasteiger partial charge >= 0.3 is 0 Å². The highest BCUT2D eigenvalue weighted by molar-refractivity contribution is 5.87. The van der Waals surface area contributed by atoms with E-state index in [-0.39, 0.29) is 18.4 Å². The van der Waals surface area contributed by atoms with Crippen LogP contribution in [0, 0.1) is 0 Å². The second-order valence-corrected chi connectivity index (χ2v) is 4.54. The van der Waals surface area contributed by atoms with Crippen molar-refractivity contribution in [2.24, 2.45) is 0 Å². The minimum absolute atomic E-state index is 0.0900. The third-order valence-electron chi connectivity index (χ3n) is 3.19. The molecule has 1 aromatic rings. The van der Waals surface area contributed by atoms with Gasteiger partial charge in [-0.25, -0.2) is 0 Å². The van der Waals surface area contributed by atoms with E-state index in [0.29, 0.717) is 19.7 Å². The Bertz CT molecular complexity index is 430. The van der Waals surface area contributed by atoms with E-state index in [1.54, 1.807) is 4.90 Å². The van der Waals surface area contributed by atoms with Crippen LogP contribution in [0.15, 0.2) is 18.3 Å². The van der Waals surface area contributed by atoms with Crippen molar-refractivity contribution in [3.8, 4) is 0 Å². The first kappa shape index (κ1) is 13.6. The Labute approximate surface area is 112 Å². The number of hydrogen-bond acceptors (Lipinski definition) is 3. The van der Waals surface area contributed by atoms with E-state index in [2.05, 4.69) is 10.3 Å². The molecule has 0 aliphatic carbocycles. The Morgan fingerprint density at radius 3 is 3.11 bits per heavy atom. The van der Waals surface area contributed by atoms with Crippen molar-refractivity contribution in [1.82, 2.24) is 15.2 Å². The van der Waals surface area contributed by atoms with Gasteiger partial charge in [-0.2, -0.15) is 0 Å². The van der Waals surface area contributed by atoms with Crippen LogP contribution in [0.3, 0.4) is 0 Å². The molecule has 2 N–H and O–H groups in total. The van der Waals surface area contributed by atoms with Gasteiger partial charge in [-0.15, -0.1) is 0 Å². The summed E-state index contributed by atoms with van der Waals surface area (Å²) in [7, 11) is 0. The van der Waals surface area contributed by atoms with Crippen LogP contribution in [-0.2, 0) is 20.7 Å². The first-order valence-corrected chi connectivity index (χ1v) is 6.43. The molecular formula is C13H19N3O3. The largest absolute Gasteiger partial charge is 0.377 e. The lowest BCUT2D eigenvalue weighted by Crippen LogP contribution is -2.55. The molecule has 104 valence electrons. The van der Waals surface area contributed by atoms with Gasteiger partial charge < -0.3 is 19.9 Å². The Kier molecular flexibility index (Phi) is 4.57. The lowest BCUT2D eigenvalue weighted by Gasteiger charge is -2.33. The fraction of sp³-hybridized carbons (Fsp3) is 0.538. The van der Waals surface area contributed by atoms with Crippen LogP contribution in [0.25, 0.3) is 0 Å². The molecule has 1 fully saturated rings. The van der Waals surface area contributed by atoms with E-state index in [1.807, 2.05) is 18.3 Å². The van der Waals surface area contributed by atoms with Gasteiger partial charge in [-0.3, -0.25) is 9.59 Å². The second-order valence-electron chi connectivity index (χ2n) is 4.54. The van der Waals surface area contributed by atoms with Gasteiger partial charge in [0, 0.05) is 38.3 Å². The Balaban J connectivity index is 1.82. The molecule has 1 aliphatic heterocycles. The smallest absolute Gasteiger partial charge is 0.245 e. The van der Waals surface area contributed by atoms with Gasteiger partial charge in [0.2, 0.25) is 11.8 Å². The second kappa shape index (κ2) is 6.38. The van der Waals surface area contributed by atoms with E-state index in [1.165, 1.54) is 6.92 Å². The fourth-order valence-corrected chi connectivity index (χ4v) is 2.16. The topological polar surface area (TPSA) is 74.4 Å². The van der Waals surface area contributed by atoms with Gasteiger partial charge in [0.15, 0.2) is 0 Å². The lowest BCUT2D eigenvalue weighted by atomic mass is 10.2.